The van der Waals surface area contributed by atoms with Gasteiger partial charge in [0.1, 0.15) is 12.4 Å². The van der Waals surface area contributed by atoms with Crippen LogP contribution in [0, 0.1) is 11.8 Å². The van der Waals surface area contributed by atoms with Crippen molar-refractivity contribution in [2.45, 2.75) is 66.3 Å². The van der Waals surface area contributed by atoms with E-state index in [1.807, 2.05) is 27.7 Å². The van der Waals surface area contributed by atoms with Crippen molar-refractivity contribution >= 4 is 17.6 Å². The summed E-state index contributed by atoms with van der Waals surface area (Å²) in [6.07, 6.45) is 3.40. The minimum Gasteiger partial charge on any atom is -0.377 e. The summed E-state index contributed by atoms with van der Waals surface area (Å²) in [5, 5.41) is 5.59. The van der Waals surface area contributed by atoms with Gasteiger partial charge in [0.05, 0.1) is 19.8 Å². The Labute approximate surface area is 163 Å². The maximum atomic E-state index is 12.0. The third-order valence-electron chi connectivity index (χ3n) is 4.29. The lowest BCUT2D eigenvalue weighted by atomic mass is 9.80. The van der Waals surface area contributed by atoms with Crippen LogP contribution in [0.15, 0.2) is 0 Å². The molecule has 1 aliphatic carbocycles. The van der Waals surface area contributed by atoms with Gasteiger partial charge in [-0.05, 0) is 25.7 Å². The van der Waals surface area contributed by atoms with Gasteiger partial charge >= 0.3 is 0 Å². The van der Waals surface area contributed by atoms with E-state index in [-0.39, 0.29) is 36.3 Å². The standard InChI is InChI=1S/C18H32N2O5.C2H6/c1-13(2)18(23)15-4-6-16(7-5-15)20-17(22)12-25-11-10-24-9-8-19-14(3)21;1-2/h13,15-16H,4-12H2,1-3H3,(H,19,21)(H,20,22);1-2H3. The summed E-state index contributed by atoms with van der Waals surface area (Å²) in [4.78, 5) is 34.5. The van der Waals surface area contributed by atoms with Crippen LogP contribution < -0.4 is 10.6 Å². The van der Waals surface area contributed by atoms with Crippen LogP contribution >= 0.6 is 0 Å². The molecule has 0 aromatic rings. The molecule has 0 bridgehead atoms. The van der Waals surface area contributed by atoms with Crippen LogP contribution in [0.1, 0.15) is 60.3 Å². The maximum absolute atomic E-state index is 12.0. The van der Waals surface area contributed by atoms with Crippen molar-refractivity contribution in [1.82, 2.24) is 10.6 Å². The number of amides is 2. The zero-order valence-corrected chi connectivity index (χ0v) is 17.6. The molecular weight excluding hydrogens is 348 g/mol. The topological polar surface area (TPSA) is 93.7 Å². The van der Waals surface area contributed by atoms with E-state index in [0.717, 1.165) is 25.7 Å². The quantitative estimate of drug-likeness (QED) is 0.530. The lowest BCUT2D eigenvalue weighted by molar-refractivity contribution is -0.128. The maximum Gasteiger partial charge on any atom is 0.246 e. The number of Topliss-reactive ketones (excluding diaryl/α,β-unsaturated/α-hetero) is 1. The third kappa shape index (κ3) is 12.5. The lowest BCUT2D eigenvalue weighted by Crippen LogP contribution is -2.41. The Morgan fingerprint density at radius 2 is 1.56 bits per heavy atom. The number of nitrogens with one attached hydrogen (secondary N) is 2. The predicted molar refractivity (Wildman–Crippen MR) is 105 cm³/mol. The van der Waals surface area contributed by atoms with Gasteiger partial charge in [0.25, 0.3) is 0 Å². The van der Waals surface area contributed by atoms with Gasteiger partial charge in [0.15, 0.2) is 0 Å². The molecule has 1 fully saturated rings. The van der Waals surface area contributed by atoms with Crippen molar-refractivity contribution in [3.05, 3.63) is 0 Å². The van der Waals surface area contributed by atoms with E-state index < -0.39 is 0 Å². The van der Waals surface area contributed by atoms with Crippen LogP contribution in [0.4, 0.5) is 0 Å². The monoisotopic (exact) mass is 386 g/mol. The number of ketones is 1. The first-order chi connectivity index (χ1) is 12.9. The van der Waals surface area contributed by atoms with Gasteiger partial charge in [-0.25, -0.2) is 0 Å². The minimum atomic E-state index is -0.128. The summed E-state index contributed by atoms with van der Waals surface area (Å²) in [6.45, 7) is 11.0. The van der Waals surface area contributed by atoms with Gasteiger partial charge in [-0.15, -0.1) is 0 Å². The van der Waals surface area contributed by atoms with Crippen molar-refractivity contribution in [3.63, 3.8) is 0 Å². The summed E-state index contributed by atoms with van der Waals surface area (Å²) < 4.78 is 10.5. The SMILES string of the molecule is CC.CC(=O)NCCOCCOCC(=O)NC1CCC(C(=O)C(C)C)CC1. The highest BCUT2D eigenvalue weighted by molar-refractivity contribution is 5.83. The molecule has 0 spiro atoms. The number of carbonyl (C=O) groups excluding carboxylic acids is 3. The molecule has 2 amide bonds. The summed E-state index contributed by atoms with van der Waals surface area (Å²) >= 11 is 0. The molecule has 0 heterocycles. The molecule has 7 heteroatoms. The van der Waals surface area contributed by atoms with Crippen LogP contribution in [0.2, 0.25) is 0 Å². The molecule has 1 saturated carbocycles. The van der Waals surface area contributed by atoms with Crippen molar-refractivity contribution in [3.8, 4) is 0 Å². The molecule has 0 saturated heterocycles. The first kappa shape index (κ1) is 25.5. The van der Waals surface area contributed by atoms with Gasteiger partial charge in [-0.2, -0.15) is 0 Å². The second kappa shape index (κ2) is 15.6. The fourth-order valence-electron chi connectivity index (χ4n) is 2.95. The Hall–Kier alpha value is -1.47. The van der Waals surface area contributed by atoms with Crippen molar-refractivity contribution in [2.75, 3.05) is 33.0 Å². The molecule has 1 aliphatic rings. The molecule has 7 nitrogen and oxygen atoms in total. The van der Waals surface area contributed by atoms with E-state index in [0.29, 0.717) is 32.1 Å². The van der Waals surface area contributed by atoms with Crippen LogP contribution in [0.3, 0.4) is 0 Å². The summed E-state index contributed by atoms with van der Waals surface area (Å²) in [7, 11) is 0. The van der Waals surface area contributed by atoms with E-state index in [4.69, 9.17) is 9.47 Å². The third-order valence-corrected chi connectivity index (χ3v) is 4.29. The van der Waals surface area contributed by atoms with E-state index in [2.05, 4.69) is 10.6 Å². The predicted octanol–water partition coefficient (Wildman–Crippen LogP) is 2.08. The van der Waals surface area contributed by atoms with E-state index >= 15 is 0 Å². The molecule has 1 rings (SSSR count). The fourth-order valence-corrected chi connectivity index (χ4v) is 2.95. The number of ether oxygens (including phenoxy) is 2. The molecule has 0 aliphatic heterocycles. The Morgan fingerprint density at radius 3 is 2.11 bits per heavy atom. The highest BCUT2D eigenvalue weighted by Gasteiger charge is 2.28. The molecule has 0 unspecified atom stereocenters. The largest absolute Gasteiger partial charge is 0.377 e. The Morgan fingerprint density at radius 1 is 0.963 bits per heavy atom. The number of carbonyl (C=O) groups is 3. The lowest BCUT2D eigenvalue weighted by Gasteiger charge is -2.29. The summed E-state index contributed by atoms with van der Waals surface area (Å²) in [6, 6.07) is 0.140. The van der Waals surface area contributed by atoms with E-state index in [9.17, 15) is 14.4 Å². The second-order valence-electron chi connectivity index (χ2n) is 6.82. The smallest absolute Gasteiger partial charge is 0.246 e. The van der Waals surface area contributed by atoms with Crippen LogP contribution in [-0.4, -0.2) is 56.6 Å². The zero-order chi connectivity index (χ0) is 20.7. The molecule has 27 heavy (non-hydrogen) atoms. The van der Waals surface area contributed by atoms with Crippen molar-refractivity contribution < 1.29 is 23.9 Å². The first-order valence-corrected chi connectivity index (χ1v) is 10.1. The number of hydrogen-bond donors (Lipinski definition) is 2. The second-order valence-corrected chi connectivity index (χ2v) is 6.82. The van der Waals surface area contributed by atoms with E-state index in [1.165, 1.54) is 6.92 Å². The Kier molecular flexibility index (Phi) is 14.7. The highest BCUT2D eigenvalue weighted by atomic mass is 16.5. The van der Waals surface area contributed by atoms with Gasteiger partial charge in [0, 0.05) is 31.3 Å². The molecule has 0 radical (unpaired) electrons. The normalized spacial score (nSPS) is 19.0. The number of hydrogen-bond acceptors (Lipinski definition) is 5. The van der Waals surface area contributed by atoms with Gasteiger partial charge in [-0.1, -0.05) is 27.7 Å². The first-order valence-electron chi connectivity index (χ1n) is 10.1. The van der Waals surface area contributed by atoms with Crippen LogP contribution in [0.25, 0.3) is 0 Å². The summed E-state index contributed by atoms with van der Waals surface area (Å²) in [5.41, 5.74) is 0. The van der Waals surface area contributed by atoms with Gasteiger partial charge in [-0.3, -0.25) is 14.4 Å². The Balaban J connectivity index is 0.00000326. The molecular formula is C20H38N2O5. The van der Waals surface area contributed by atoms with Gasteiger partial charge in [0.2, 0.25) is 11.8 Å². The average Bonchev–Trinajstić information content (AvgIpc) is 2.65. The van der Waals surface area contributed by atoms with Crippen LogP contribution in [-0.2, 0) is 23.9 Å². The van der Waals surface area contributed by atoms with Crippen LogP contribution in [0.5, 0.6) is 0 Å². The van der Waals surface area contributed by atoms with Crippen molar-refractivity contribution in [2.24, 2.45) is 11.8 Å². The molecule has 2 N–H and O–H groups in total. The van der Waals surface area contributed by atoms with E-state index in [1.54, 1.807) is 0 Å². The zero-order valence-electron chi connectivity index (χ0n) is 17.6. The molecule has 0 atom stereocenters. The number of rotatable bonds is 11. The molecule has 0 aromatic heterocycles. The summed E-state index contributed by atoms with van der Waals surface area (Å²) in [5.74, 6) is 0.367. The van der Waals surface area contributed by atoms with Crippen molar-refractivity contribution in [1.29, 1.82) is 0 Å². The fraction of sp³-hybridized carbons (Fsp3) is 0.850. The minimum absolute atomic E-state index is 0.0138. The molecule has 158 valence electrons. The average molecular weight is 387 g/mol. The van der Waals surface area contributed by atoms with Gasteiger partial charge < -0.3 is 20.1 Å². The molecule has 0 aromatic carbocycles. The Bertz CT molecular complexity index is 432. The highest BCUT2D eigenvalue weighted by Crippen LogP contribution is 2.27.